The standard InChI is InChI=1S/C27H39N3O4/c1-20(2)25(32)29-30(6,18-22-15-11-8-12-16-22)19-24(31)23(17-21-13-9-7-10-14-21)28-26(33)34-27(3,4)5/h7-16,20,23-24,31H,17-19H2,1-6H3,(H-,28,29,32,33)/t23-,24-,30?/m0/s1. The molecule has 0 aromatic heterocycles. The van der Waals surface area contributed by atoms with Crippen LogP contribution in [0.5, 0.6) is 0 Å². The van der Waals surface area contributed by atoms with Gasteiger partial charge in [0.15, 0.2) is 0 Å². The average Bonchev–Trinajstić information content (AvgIpc) is 2.73. The highest BCUT2D eigenvalue weighted by Crippen LogP contribution is 2.18. The Morgan fingerprint density at radius 2 is 1.59 bits per heavy atom. The quantitative estimate of drug-likeness (QED) is 0.241. The van der Waals surface area contributed by atoms with E-state index in [2.05, 4.69) is 10.4 Å². The summed E-state index contributed by atoms with van der Waals surface area (Å²) in [6.45, 7) is 9.55. The van der Waals surface area contributed by atoms with Gasteiger partial charge >= 0.3 is 6.09 Å². The Kier molecular flexibility index (Phi) is 9.65. The van der Waals surface area contributed by atoms with Crippen molar-refractivity contribution in [1.82, 2.24) is 5.32 Å². The van der Waals surface area contributed by atoms with Crippen LogP contribution in [-0.2, 0) is 17.7 Å². The van der Waals surface area contributed by atoms with Gasteiger partial charge in [-0.1, -0.05) is 74.5 Å². The Bertz CT molecular complexity index is 926. The van der Waals surface area contributed by atoms with Crippen LogP contribution in [0.3, 0.4) is 0 Å². The zero-order valence-corrected chi connectivity index (χ0v) is 21.2. The van der Waals surface area contributed by atoms with Crippen molar-refractivity contribution < 1.29 is 24.3 Å². The number of nitrogens with zero attached hydrogens (tertiary/aromatic N) is 2. The SMILES string of the molecule is CC(C)/C([O-])=N/[N+](C)(Cc1ccccc1)C[C@H](O)[C@H](Cc1ccccc1)NC(=O)OC(C)(C)C. The average molecular weight is 470 g/mol. The molecule has 2 aromatic carbocycles. The Morgan fingerprint density at radius 3 is 2.09 bits per heavy atom. The first-order valence-electron chi connectivity index (χ1n) is 11.7. The van der Waals surface area contributed by atoms with E-state index in [-0.39, 0.29) is 23.0 Å². The van der Waals surface area contributed by atoms with Crippen molar-refractivity contribution in [1.29, 1.82) is 0 Å². The van der Waals surface area contributed by atoms with E-state index in [1.165, 1.54) is 0 Å². The molecule has 7 heteroatoms. The fourth-order valence-corrected chi connectivity index (χ4v) is 3.61. The topological polar surface area (TPSA) is 94.0 Å². The molecule has 7 nitrogen and oxygen atoms in total. The number of nitrogens with one attached hydrogen (secondary N) is 1. The lowest BCUT2D eigenvalue weighted by molar-refractivity contribution is -0.933. The maximum Gasteiger partial charge on any atom is 0.407 e. The molecule has 0 spiro atoms. The number of aliphatic hydroxyl groups is 1. The van der Waals surface area contributed by atoms with Gasteiger partial charge in [-0.25, -0.2) is 4.79 Å². The molecule has 2 rings (SSSR count). The molecule has 1 unspecified atom stereocenters. The predicted octanol–water partition coefficient (Wildman–Crippen LogP) is 3.46. The van der Waals surface area contributed by atoms with Gasteiger partial charge in [0.05, 0.1) is 13.1 Å². The summed E-state index contributed by atoms with van der Waals surface area (Å²) in [5.41, 5.74) is 1.30. The lowest BCUT2D eigenvalue weighted by atomic mass is 10.0. The first-order chi connectivity index (χ1) is 15.9. The van der Waals surface area contributed by atoms with Crippen LogP contribution in [0, 0.1) is 5.92 Å². The van der Waals surface area contributed by atoms with Crippen LogP contribution < -0.4 is 10.4 Å². The van der Waals surface area contributed by atoms with Crippen LogP contribution in [0.4, 0.5) is 4.79 Å². The van der Waals surface area contributed by atoms with Crippen LogP contribution >= 0.6 is 0 Å². The molecule has 0 aliphatic carbocycles. The molecule has 0 radical (unpaired) electrons. The fourth-order valence-electron chi connectivity index (χ4n) is 3.61. The van der Waals surface area contributed by atoms with Crippen molar-refractivity contribution >= 4 is 12.0 Å². The molecule has 0 saturated heterocycles. The number of rotatable bonds is 10. The van der Waals surface area contributed by atoms with E-state index in [0.29, 0.717) is 13.0 Å². The van der Waals surface area contributed by atoms with E-state index in [1.54, 1.807) is 34.6 Å². The summed E-state index contributed by atoms with van der Waals surface area (Å²) >= 11 is 0. The summed E-state index contributed by atoms with van der Waals surface area (Å²) in [6.07, 6.45) is -1.17. The van der Waals surface area contributed by atoms with Gasteiger partial charge in [0.2, 0.25) is 0 Å². The number of alkyl carbamates (subject to hydrolysis) is 1. The number of carbonyl (C=O) groups is 1. The molecule has 2 N–H and O–H groups in total. The van der Waals surface area contributed by atoms with Gasteiger partial charge in [0.25, 0.3) is 0 Å². The molecule has 2 aromatic rings. The molecule has 3 atom stereocenters. The summed E-state index contributed by atoms with van der Waals surface area (Å²) in [5.74, 6) is -0.490. The number of carbonyl (C=O) groups excluding carboxylic acids is 1. The van der Waals surface area contributed by atoms with Crippen molar-refractivity contribution in [2.75, 3.05) is 13.6 Å². The summed E-state index contributed by atoms with van der Waals surface area (Å²) in [7, 11) is 1.82. The Morgan fingerprint density at radius 1 is 1.06 bits per heavy atom. The molecule has 0 heterocycles. The van der Waals surface area contributed by atoms with E-state index >= 15 is 0 Å². The number of likely N-dealkylation sites (N-methyl/N-ethyl adjacent to an activating group) is 1. The van der Waals surface area contributed by atoms with Crippen molar-refractivity contribution in [3.8, 4) is 0 Å². The molecular formula is C27H39N3O4. The largest absolute Gasteiger partial charge is 0.858 e. The first-order valence-corrected chi connectivity index (χ1v) is 11.7. The second kappa shape index (κ2) is 12.0. The highest BCUT2D eigenvalue weighted by atomic mass is 16.6. The maximum absolute atomic E-state index is 12.6. The van der Waals surface area contributed by atoms with E-state index in [4.69, 9.17) is 4.74 Å². The zero-order valence-electron chi connectivity index (χ0n) is 21.2. The second-order valence-electron chi connectivity index (χ2n) is 10.3. The number of amides is 1. The molecule has 186 valence electrons. The Balaban J connectivity index is 2.31. The molecule has 0 aliphatic heterocycles. The smallest absolute Gasteiger partial charge is 0.407 e. The number of ether oxygens (including phenoxy) is 1. The number of aliphatic hydroxyl groups excluding tert-OH is 1. The fraction of sp³-hybridized carbons (Fsp3) is 0.481. The monoisotopic (exact) mass is 469 g/mol. The zero-order chi connectivity index (χ0) is 25.4. The molecule has 0 bridgehead atoms. The molecular weight excluding hydrogens is 430 g/mol. The highest BCUT2D eigenvalue weighted by molar-refractivity contribution is 5.72. The van der Waals surface area contributed by atoms with Gasteiger partial charge in [-0.2, -0.15) is 4.59 Å². The third-order valence-corrected chi connectivity index (χ3v) is 5.25. The normalized spacial score (nSPS) is 15.9. The van der Waals surface area contributed by atoms with Gasteiger partial charge in [0, 0.05) is 11.5 Å². The number of quaternary nitrogens is 1. The van der Waals surface area contributed by atoms with E-state index in [9.17, 15) is 15.0 Å². The summed E-state index contributed by atoms with van der Waals surface area (Å²) < 4.78 is 5.40. The van der Waals surface area contributed by atoms with Crippen LogP contribution in [0.25, 0.3) is 0 Å². The Labute approximate surface area is 203 Å². The van der Waals surface area contributed by atoms with Crippen molar-refractivity contribution in [2.24, 2.45) is 11.0 Å². The number of hydrogen-bond donors (Lipinski definition) is 2. The number of benzene rings is 2. The van der Waals surface area contributed by atoms with Crippen LogP contribution in [-0.4, -0.2) is 53.0 Å². The predicted molar refractivity (Wildman–Crippen MR) is 133 cm³/mol. The molecule has 1 amide bonds. The van der Waals surface area contributed by atoms with Gasteiger partial charge in [0.1, 0.15) is 24.8 Å². The summed E-state index contributed by atoms with van der Waals surface area (Å²) in [6, 6.07) is 18.7. The van der Waals surface area contributed by atoms with E-state index in [1.807, 2.05) is 67.7 Å². The minimum atomic E-state index is -0.981. The molecule has 0 saturated carbocycles. The molecule has 0 aliphatic rings. The van der Waals surface area contributed by atoms with Crippen molar-refractivity contribution in [2.45, 2.75) is 65.3 Å². The molecule has 34 heavy (non-hydrogen) atoms. The number of hydrogen-bond acceptors (Lipinski definition) is 5. The minimum absolute atomic E-state index is 0.0382. The van der Waals surface area contributed by atoms with E-state index < -0.39 is 23.8 Å². The van der Waals surface area contributed by atoms with E-state index in [0.717, 1.165) is 11.1 Å². The lowest BCUT2D eigenvalue weighted by Crippen LogP contribution is -2.54. The van der Waals surface area contributed by atoms with Crippen molar-refractivity contribution in [3.05, 3.63) is 71.8 Å². The summed E-state index contributed by atoms with van der Waals surface area (Å²) in [5, 5.41) is 31.2. The molecule has 0 fully saturated rings. The lowest BCUT2D eigenvalue weighted by Gasteiger charge is -2.35. The van der Waals surface area contributed by atoms with Gasteiger partial charge in [-0.3, -0.25) is 0 Å². The van der Waals surface area contributed by atoms with Gasteiger partial charge < -0.3 is 20.3 Å². The van der Waals surface area contributed by atoms with Gasteiger partial charge in [-0.15, -0.1) is 5.10 Å². The highest BCUT2D eigenvalue weighted by Gasteiger charge is 2.33. The maximum atomic E-state index is 12.6. The van der Waals surface area contributed by atoms with Crippen LogP contribution in [0.15, 0.2) is 65.8 Å². The second-order valence-corrected chi connectivity index (χ2v) is 10.3. The Hall–Kier alpha value is -2.90. The van der Waals surface area contributed by atoms with Crippen LogP contribution in [0.2, 0.25) is 0 Å². The van der Waals surface area contributed by atoms with Crippen molar-refractivity contribution in [3.63, 3.8) is 0 Å². The van der Waals surface area contributed by atoms with Gasteiger partial charge in [-0.05, 0) is 38.7 Å². The summed E-state index contributed by atoms with van der Waals surface area (Å²) in [4.78, 5) is 12.6. The third-order valence-electron chi connectivity index (χ3n) is 5.25. The first kappa shape index (κ1) is 27.3. The minimum Gasteiger partial charge on any atom is -0.858 e. The van der Waals surface area contributed by atoms with Crippen LogP contribution in [0.1, 0.15) is 45.7 Å². The third kappa shape index (κ3) is 9.53.